The fourth-order valence-electron chi connectivity index (χ4n) is 2.34. The number of thiophene rings is 1. The second kappa shape index (κ2) is 8.61. The quantitative estimate of drug-likeness (QED) is 0.754. The van der Waals surface area contributed by atoms with Crippen LogP contribution in [0, 0.1) is 0 Å². The van der Waals surface area contributed by atoms with Gasteiger partial charge in [-0.15, -0.1) is 11.3 Å². The van der Waals surface area contributed by atoms with E-state index in [-0.39, 0.29) is 18.5 Å². The third-order valence-corrected chi connectivity index (χ3v) is 4.65. The first-order valence-corrected chi connectivity index (χ1v) is 8.77. The molecule has 0 fully saturated rings. The molecule has 0 aliphatic rings. The van der Waals surface area contributed by atoms with Crippen LogP contribution in [0.1, 0.15) is 41.8 Å². The topological polar surface area (TPSA) is 70.2 Å². The van der Waals surface area contributed by atoms with Crippen LogP contribution in [0.5, 0.6) is 0 Å². The first kappa shape index (κ1) is 18.2. The van der Waals surface area contributed by atoms with Crippen LogP contribution in [0.4, 0.5) is 4.79 Å². The Bertz CT molecular complexity index is 666. The zero-order chi connectivity index (χ0) is 17.5. The van der Waals surface area contributed by atoms with E-state index in [0.717, 1.165) is 10.4 Å². The van der Waals surface area contributed by atoms with Crippen molar-refractivity contribution in [2.24, 2.45) is 0 Å². The van der Waals surface area contributed by atoms with Gasteiger partial charge in [-0.1, -0.05) is 44.2 Å². The van der Waals surface area contributed by atoms with Crippen molar-refractivity contribution in [3.8, 4) is 0 Å². The van der Waals surface area contributed by atoms with Gasteiger partial charge in [0, 0.05) is 11.9 Å². The van der Waals surface area contributed by atoms with E-state index in [0.29, 0.717) is 5.92 Å². The summed E-state index contributed by atoms with van der Waals surface area (Å²) in [5, 5.41) is 9.87. The number of imide groups is 1. The molecule has 0 radical (unpaired) electrons. The van der Waals surface area contributed by atoms with Crippen LogP contribution in [0.2, 0.25) is 0 Å². The molecule has 2 aromatic rings. The lowest BCUT2D eigenvalue weighted by Crippen LogP contribution is -2.42. The van der Waals surface area contributed by atoms with Crippen LogP contribution in [0.3, 0.4) is 0 Å². The van der Waals surface area contributed by atoms with Gasteiger partial charge in [0.1, 0.15) is 0 Å². The molecule has 1 heterocycles. The summed E-state index contributed by atoms with van der Waals surface area (Å²) in [6.45, 7) is 4.38. The standard InChI is InChI=1S/C18H23N3O2S/c1-12(2)13-6-8-14(9-7-13)17(15-5-4-10-24-15)20-11-16(22)21-18(23)19-3/h4-10,12,17,20H,11H2,1-3H3,(H2,19,21,22,23)/t17-/m0/s1. The lowest BCUT2D eigenvalue weighted by molar-refractivity contribution is -0.119. The zero-order valence-corrected chi connectivity index (χ0v) is 14.9. The number of amides is 3. The predicted octanol–water partition coefficient (Wildman–Crippen LogP) is 3.01. The highest BCUT2D eigenvalue weighted by atomic mass is 32.1. The van der Waals surface area contributed by atoms with E-state index in [2.05, 4.69) is 54.1 Å². The molecule has 24 heavy (non-hydrogen) atoms. The van der Waals surface area contributed by atoms with Crippen LogP contribution in [0.15, 0.2) is 41.8 Å². The van der Waals surface area contributed by atoms with Crippen molar-refractivity contribution in [1.29, 1.82) is 0 Å². The van der Waals surface area contributed by atoms with Crippen molar-refractivity contribution < 1.29 is 9.59 Å². The van der Waals surface area contributed by atoms with Gasteiger partial charge in [-0.2, -0.15) is 0 Å². The third kappa shape index (κ3) is 4.91. The number of hydrogen-bond donors (Lipinski definition) is 3. The van der Waals surface area contributed by atoms with E-state index in [1.54, 1.807) is 11.3 Å². The smallest absolute Gasteiger partial charge is 0.321 e. The summed E-state index contributed by atoms with van der Waals surface area (Å²) in [5.74, 6) is 0.111. The Morgan fingerprint density at radius 1 is 1.08 bits per heavy atom. The zero-order valence-electron chi connectivity index (χ0n) is 14.1. The summed E-state index contributed by atoms with van der Waals surface area (Å²) in [6, 6.07) is 11.8. The number of carbonyl (C=O) groups excluding carboxylic acids is 2. The Kier molecular flexibility index (Phi) is 6.52. The predicted molar refractivity (Wildman–Crippen MR) is 97.3 cm³/mol. The van der Waals surface area contributed by atoms with E-state index in [1.807, 2.05) is 17.5 Å². The fourth-order valence-corrected chi connectivity index (χ4v) is 3.17. The normalized spacial score (nSPS) is 12.0. The number of nitrogens with one attached hydrogen (secondary N) is 3. The number of rotatable bonds is 6. The minimum absolute atomic E-state index is 0.0575. The van der Waals surface area contributed by atoms with Crippen LogP contribution in [-0.4, -0.2) is 25.5 Å². The third-order valence-electron chi connectivity index (χ3n) is 3.71. The van der Waals surface area contributed by atoms with Crippen LogP contribution in [-0.2, 0) is 4.79 Å². The molecule has 1 aromatic heterocycles. The summed E-state index contributed by atoms with van der Waals surface area (Å²) in [5.41, 5.74) is 2.37. The number of benzene rings is 1. The summed E-state index contributed by atoms with van der Waals surface area (Å²) in [7, 11) is 1.47. The SMILES string of the molecule is CNC(=O)NC(=O)CN[C@@H](c1ccc(C(C)C)cc1)c1cccs1. The molecule has 0 spiro atoms. The van der Waals surface area contributed by atoms with Gasteiger partial charge in [0.25, 0.3) is 0 Å². The van der Waals surface area contributed by atoms with E-state index in [1.165, 1.54) is 12.6 Å². The van der Waals surface area contributed by atoms with Gasteiger partial charge in [0.05, 0.1) is 12.6 Å². The average Bonchev–Trinajstić information content (AvgIpc) is 3.09. The highest BCUT2D eigenvalue weighted by molar-refractivity contribution is 7.10. The molecule has 1 aromatic carbocycles. The molecule has 0 bridgehead atoms. The molecule has 3 amide bonds. The molecular weight excluding hydrogens is 322 g/mol. The van der Waals surface area contributed by atoms with Crippen molar-refractivity contribution in [2.45, 2.75) is 25.8 Å². The number of carbonyl (C=O) groups is 2. The lowest BCUT2D eigenvalue weighted by Gasteiger charge is -2.18. The van der Waals surface area contributed by atoms with E-state index in [9.17, 15) is 9.59 Å². The van der Waals surface area contributed by atoms with Gasteiger partial charge in [-0.05, 0) is 28.5 Å². The molecule has 2 rings (SSSR count). The van der Waals surface area contributed by atoms with Gasteiger partial charge in [-0.25, -0.2) is 4.79 Å². The van der Waals surface area contributed by atoms with Crippen molar-refractivity contribution in [2.75, 3.05) is 13.6 Å². The number of urea groups is 1. The largest absolute Gasteiger partial charge is 0.341 e. The van der Waals surface area contributed by atoms with E-state index >= 15 is 0 Å². The summed E-state index contributed by atoms with van der Waals surface area (Å²) in [6.07, 6.45) is 0. The lowest BCUT2D eigenvalue weighted by atomic mass is 9.98. The van der Waals surface area contributed by atoms with Gasteiger partial charge >= 0.3 is 6.03 Å². The molecule has 0 aliphatic carbocycles. The number of hydrogen-bond acceptors (Lipinski definition) is 4. The van der Waals surface area contributed by atoms with Crippen molar-refractivity contribution in [3.63, 3.8) is 0 Å². The van der Waals surface area contributed by atoms with Crippen LogP contribution in [0.25, 0.3) is 0 Å². The Balaban J connectivity index is 2.11. The van der Waals surface area contributed by atoms with Crippen LogP contribution >= 0.6 is 11.3 Å². The molecule has 0 saturated heterocycles. The summed E-state index contributed by atoms with van der Waals surface area (Å²) >= 11 is 1.63. The Labute approximate surface area is 146 Å². The highest BCUT2D eigenvalue weighted by Crippen LogP contribution is 2.27. The second-order valence-electron chi connectivity index (χ2n) is 5.78. The maximum Gasteiger partial charge on any atom is 0.321 e. The van der Waals surface area contributed by atoms with Gasteiger partial charge in [-0.3, -0.25) is 15.4 Å². The maximum absolute atomic E-state index is 11.8. The van der Waals surface area contributed by atoms with E-state index in [4.69, 9.17) is 0 Å². The first-order valence-electron chi connectivity index (χ1n) is 7.89. The average molecular weight is 345 g/mol. The molecular formula is C18H23N3O2S. The minimum atomic E-state index is -0.504. The first-order chi connectivity index (χ1) is 11.5. The highest BCUT2D eigenvalue weighted by Gasteiger charge is 2.17. The monoisotopic (exact) mass is 345 g/mol. The molecule has 6 heteroatoms. The van der Waals surface area contributed by atoms with Gasteiger partial charge < -0.3 is 5.32 Å². The second-order valence-corrected chi connectivity index (χ2v) is 6.76. The van der Waals surface area contributed by atoms with Crippen molar-refractivity contribution in [3.05, 3.63) is 57.8 Å². The molecule has 0 aliphatic heterocycles. The molecule has 1 atom stereocenters. The van der Waals surface area contributed by atoms with Gasteiger partial charge in [0.15, 0.2) is 0 Å². The molecule has 0 unspecified atom stereocenters. The molecule has 128 valence electrons. The maximum atomic E-state index is 11.8. The molecule has 5 nitrogen and oxygen atoms in total. The van der Waals surface area contributed by atoms with Gasteiger partial charge in [0.2, 0.25) is 5.91 Å². The fraction of sp³-hybridized carbons (Fsp3) is 0.333. The Morgan fingerprint density at radius 3 is 2.29 bits per heavy atom. The molecule has 3 N–H and O–H groups in total. The summed E-state index contributed by atoms with van der Waals surface area (Å²) < 4.78 is 0. The van der Waals surface area contributed by atoms with E-state index < -0.39 is 6.03 Å². The van der Waals surface area contributed by atoms with Crippen molar-refractivity contribution >= 4 is 23.3 Å². The summed E-state index contributed by atoms with van der Waals surface area (Å²) in [4.78, 5) is 24.2. The van der Waals surface area contributed by atoms with Crippen molar-refractivity contribution in [1.82, 2.24) is 16.0 Å². The minimum Gasteiger partial charge on any atom is -0.341 e. The van der Waals surface area contributed by atoms with Crippen LogP contribution < -0.4 is 16.0 Å². The Hall–Kier alpha value is -2.18. The Morgan fingerprint density at radius 2 is 1.75 bits per heavy atom. The molecule has 0 saturated carbocycles.